The van der Waals surface area contributed by atoms with E-state index in [4.69, 9.17) is 12.2 Å². The van der Waals surface area contributed by atoms with Crippen LogP contribution in [0.4, 0.5) is 4.39 Å². The van der Waals surface area contributed by atoms with E-state index < -0.39 is 0 Å². The van der Waals surface area contributed by atoms with Crippen LogP contribution in [0, 0.1) is 5.82 Å². The van der Waals surface area contributed by atoms with E-state index in [1.54, 1.807) is 12.1 Å². The minimum Gasteiger partial charge on any atom is -0.320 e. The lowest BCUT2D eigenvalue weighted by Gasteiger charge is -2.04. The number of rotatable bonds is 3. The first-order valence-corrected chi connectivity index (χ1v) is 5.09. The third kappa shape index (κ3) is 4.16. The molecule has 0 radical (unpaired) electrons. The van der Waals surface area contributed by atoms with Crippen LogP contribution in [-0.4, -0.2) is 10.9 Å². The van der Waals surface area contributed by atoms with Gasteiger partial charge in [0.1, 0.15) is 5.82 Å². The molecule has 0 saturated heterocycles. The van der Waals surface area contributed by atoms with Gasteiger partial charge >= 0.3 is 0 Å². The molecule has 0 bridgehead atoms. The van der Waals surface area contributed by atoms with E-state index >= 15 is 0 Å². The monoisotopic (exact) mass is 225 g/mol. The zero-order valence-electron chi connectivity index (χ0n) is 8.42. The first-order chi connectivity index (χ1) is 7.11. The summed E-state index contributed by atoms with van der Waals surface area (Å²) in [4.78, 5) is 11.9. The van der Waals surface area contributed by atoms with Gasteiger partial charge in [0.05, 0.1) is 11.4 Å². The molecule has 80 valence electrons. The molecule has 0 fully saturated rings. The van der Waals surface area contributed by atoms with Crippen LogP contribution < -0.4 is 5.32 Å². The summed E-state index contributed by atoms with van der Waals surface area (Å²) in [5.74, 6) is -0.461. The number of benzene rings is 1. The number of amides is 1. The standard InChI is InChI=1S/C11H12FNOS/c1-2-11(15)13-10(14)7-8-3-5-9(12)6-4-8/h3-6H,2,7H2,1H3,(H,13,14,15). The molecule has 2 nitrogen and oxygen atoms in total. The van der Waals surface area contributed by atoms with Crippen molar-refractivity contribution in [1.82, 2.24) is 5.32 Å². The average Bonchev–Trinajstić information content (AvgIpc) is 2.21. The quantitative estimate of drug-likeness (QED) is 0.799. The van der Waals surface area contributed by atoms with Crippen LogP contribution in [0.15, 0.2) is 24.3 Å². The van der Waals surface area contributed by atoms with Crippen molar-refractivity contribution in [3.05, 3.63) is 35.6 Å². The summed E-state index contributed by atoms with van der Waals surface area (Å²) in [5, 5.41) is 2.59. The fraction of sp³-hybridized carbons (Fsp3) is 0.273. The summed E-state index contributed by atoms with van der Waals surface area (Å²) in [7, 11) is 0. The van der Waals surface area contributed by atoms with Crippen molar-refractivity contribution < 1.29 is 9.18 Å². The van der Waals surface area contributed by atoms with Crippen LogP contribution in [0.2, 0.25) is 0 Å². The molecule has 0 unspecified atom stereocenters. The van der Waals surface area contributed by atoms with Gasteiger partial charge in [-0.25, -0.2) is 4.39 Å². The van der Waals surface area contributed by atoms with Gasteiger partial charge in [-0.05, 0) is 24.1 Å². The van der Waals surface area contributed by atoms with Crippen molar-refractivity contribution in [2.75, 3.05) is 0 Å². The predicted molar refractivity (Wildman–Crippen MR) is 61.1 cm³/mol. The summed E-state index contributed by atoms with van der Waals surface area (Å²) in [6.45, 7) is 1.88. The van der Waals surface area contributed by atoms with Gasteiger partial charge in [0.25, 0.3) is 0 Å². The summed E-state index contributed by atoms with van der Waals surface area (Å²) in [5.41, 5.74) is 0.771. The van der Waals surface area contributed by atoms with Crippen LogP contribution in [0.25, 0.3) is 0 Å². The zero-order valence-corrected chi connectivity index (χ0v) is 9.23. The minimum atomic E-state index is -0.303. The van der Waals surface area contributed by atoms with Gasteiger partial charge in [0.15, 0.2) is 0 Å². The highest BCUT2D eigenvalue weighted by Gasteiger charge is 2.04. The van der Waals surface area contributed by atoms with Crippen molar-refractivity contribution in [3.8, 4) is 0 Å². The lowest BCUT2D eigenvalue weighted by molar-refractivity contribution is -0.119. The van der Waals surface area contributed by atoms with Gasteiger partial charge in [-0.2, -0.15) is 0 Å². The SMILES string of the molecule is CCC(=S)NC(=O)Cc1ccc(F)cc1. The molecule has 0 aromatic heterocycles. The van der Waals surface area contributed by atoms with E-state index in [-0.39, 0.29) is 18.1 Å². The van der Waals surface area contributed by atoms with Crippen molar-refractivity contribution >= 4 is 23.1 Å². The Balaban J connectivity index is 2.51. The van der Waals surface area contributed by atoms with Gasteiger partial charge in [-0.3, -0.25) is 4.79 Å². The third-order valence-corrected chi connectivity index (χ3v) is 2.27. The Kier molecular flexibility index (Phi) is 4.37. The maximum Gasteiger partial charge on any atom is 0.229 e. The van der Waals surface area contributed by atoms with E-state index in [1.165, 1.54) is 12.1 Å². The average molecular weight is 225 g/mol. The van der Waals surface area contributed by atoms with E-state index in [0.29, 0.717) is 11.4 Å². The number of hydrogen-bond donors (Lipinski definition) is 1. The smallest absolute Gasteiger partial charge is 0.229 e. The molecule has 4 heteroatoms. The van der Waals surface area contributed by atoms with E-state index in [0.717, 1.165) is 5.56 Å². The van der Waals surface area contributed by atoms with Gasteiger partial charge in [0.2, 0.25) is 5.91 Å². The maximum atomic E-state index is 12.6. The molecule has 0 aliphatic heterocycles. The van der Waals surface area contributed by atoms with Gasteiger partial charge in [0, 0.05) is 0 Å². The second-order valence-electron chi connectivity index (χ2n) is 3.13. The van der Waals surface area contributed by atoms with Crippen LogP contribution in [0.3, 0.4) is 0 Å². The predicted octanol–water partition coefficient (Wildman–Crippen LogP) is 2.22. The Morgan fingerprint density at radius 3 is 2.53 bits per heavy atom. The fourth-order valence-corrected chi connectivity index (χ4v) is 1.19. The summed E-state index contributed by atoms with van der Waals surface area (Å²) < 4.78 is 12.6. The van der Waals surface area contributed by atoms with E-state index in [9.17, 15) is 9.18 Å². The molecule has 0 spiro atoms. The molecule has 1 aromatic rings. The Morgan fingerprint density at radius 2 is 2.00 bits per heavy atom. The number of halogens is 1. The van der Waals surface area contributed by atoms with Crippen molar-refractivity contribution in [2.24, 2.45) is 0 Å². The molecule has 1 aromatic carbocycles. The van der Waals surface area contributed by atoms with Crippen LogP contribution in [0.1, 0.15) is 18.9 Å². The highest BCUT2D eigenvalue weighted by molar-refractivity contribution is 7.80. The molecule has 0 aliphatic rings. The topological polar surface area (TPSA) is 29.1 Å². The minimum absolute atomic E-state index is 0.159. The second kappa shape index (κ2) is 5.56. The largest absolute Gasteiger partial charge is 0.320 e. The van der Waals surface area contributed by atoms with E-state index in [1.807, 2.05) is 6.92 Å². The maximum absolute atomic E-state index is 12.6. The highest BCUT2D eigenvalue weighted by Crippen LogP contribution is 2.03. The molecule has 1 N–H and O–H groups in total. The van der Waals surface area contributed by atoms with Gasteiger partial charge in [-0.1, -0.05) is 31.3 Å². The number of carbonyl (C=O) groups is 1. The highest BCUT2D eigenvalue weighted by atomic mass is 32.1. The Labute approximate surface area is 93.5 Å². The normalized spacial score (nSPS) is 9.73. The summed E-state index contributed by atoms with van der Waals surface area (Å²) >= 11 is 4.88. The second-order valence-corrected chi connectivity index (χ2v) is 3.62. The first-order valence-electron chi connectivity index (χ1n) is 4.69. The molecule has 1 rings (SSSR count). The zero-order chi connectivity index (χ0) is 11.3. The van der Waals surface area contributed by atoms with Crippen LogP contribution in [-0.2, 0) is 11.2 Å². The molecular weight excluding hydrogens is 213 g/mol. The fourth-order valence-electron chi connectivity index (χ4n) is 1.08. The molecule has 15 heavy (non-hydrogen) atoms. The number of hydrogen-bond acceptors (Lipinski definition) is 2. The Bertz CT molecular complexity index is 361. The molecule has 0 atom stereocenters. The van der Waals surface area contributed by atoms with Crippen molar-refractivity contribution in [1.29, 1.82) is 0 Å². The molecule has 1 amide bonds. The first kappa shape index (κ1) is 11.8. The van der Waals surface area contributed by atoms with Crippen LogP contribution >= 0.6 is 12.2 Å². The van der Waals surface area contributed by atoms with Crippen molar-refractivity contribution in [3.63, 3.8) is 0 Å². The molecule has 0 saturated carbocycles. The lowest BCUT2D eigenvalue weighted by Crippen LogP contribution is -2.29. The van der Waals surface area contributed by atoms with E-state index in [2.05, 4.69) is 5.32 Å². The number of thiocarbonyl (C=S) groups is 1. The summed E-state index contributed by atoms with van der Waals surface area (Å²) in [6, 6.07) is 5.84. The van der Waals surface area contributed by atoms with Gasteiger partial charge in [-0.15, -0.1) is 0 Å². The van der Waals surface area contributed by atoms with Crippen molar-refractivity contribution in [2.45, 2.75) is 19.8 Å². The Morgan fingerprint density at radius 1 is 1.40 bits per heavy atom. The lowest BCUT2D eigenvalue weighted by atomic mass is 10.1. The van der Waals surface area contributed by atoms with Crippen LogP contribution in [0.5, 0.6) is 0 Å². The number of nitrogens with one attached hydrogen (secondary N) is 1. The third-order valence-electron chi connectivity index (χ3n) is 1.88. The Hall–Kier alpha value is -1.29. The molecule has 0 aliphatic carbocycles. The number of carbonyl (C=O) groups excluding carboxylic acids is 1. The molecule has 0 heterocycles. The summed E-state index contributed by atoms with van der Waals surface area (Å²) in [6.07, 6.45) is 0.866. The van der Waals surface area contributed by atoms with Gasteiger partial charge < -0.3 is 5.32 Å². The molecular formula is C11H12FNOS.